The first-order valence-electron chi connectivity index (χ1n) is 7.26. The Morgan fingerprint density at radius 2 is 1.62 bits per heavy atom. The molecule has 1 heterocycles. The number of hydrogen-bond acceptors (Lipinski definition) is 3. The van der Waals surface area contributed by atoms with Gasteiger partial charge in [-0.1, -0.05) is 18.2 Å². The van der Waals surface area contributed by atoms with Gasteiger partial charge in [0.1, 0.15) is 11.6 Å². The van der Waals surface area contributed by atoms with Gasteiger partial charge in [0, 0.05) is 11.6 Å². The first-order chi connectivity index (χ1) is 9.76. The number of anilines is 1. The summed E-state index contributed by atoms with van der Waals surface area (Å²) < 4.78 is 6.02. The van der Waals surface area contributed by atoms with Crippen molar-refractivity contribution >= 4 is 5.82 Å². The molecule has 21 heavy (non-hydrogen) atoms. The van der Waals surface area contributed by atoms with Crippen LogP contribution >= 0.6 is 0 Å². The van der Waals surface area contributed by atoms with Gasteiger partial charge in [-0.3, -0.25) is 0 Å². The van der Waals surface area contributed by atoms with Crippen molar-refractivity contribution in [3.05, 3.63) is 47.0 Å². The quantitative estimate of drug-likeness (QED) is 0.860. The molecule has 1 aromatic heterocycles. The molecule has 0 fully saturated rings. The summed E-state index contributed by atoms with van der Waals surface area (Å²) in [5.74, 6) is 2.33. The molecule has 0 aliphatic heterocycles. The highest BCUT2D eigenvalue weighted by Gasteiger charge is 2.12. The zero-order valence-electron chi connectivity index (χ0n) is 13.7. The number of nitrogens with zero attached hydrogens (tertiary/aromatic N) is 1. The van der Waals surface area contributed by atoms with E-state index in [0.29, 0.717) is 5.88 Å². The number of pyridine rings is 1. The maximum absolute atomic E-state index is 6.02. The van der Waals surface area contributed by atoms with E-state index in [4.69, 9.17) is 4.74 Å². The molecule has 0 bridgehead atoms. The molecule has 0 unspecified atom stereocenters. The molecule has 0 spiro atoms. The van der Waals surface area contributed by atoms with Crippen LogP contribution in [0.15, 0.2) is 30.3 Å². The number of hydrogen-bond donors (Lipinski definition) is 1. The maximum Gasteiger partial charge on any atom is 0.221 e. The van der Waals surface area contributed by atoms with E-state index in [1.54, 1.807) is 0 Å². The summed E-state index contributed by atoms with van der Waals surface area (Å²) >= 11 is 0. The van der Waals surface area contributed by atoms with Crippen molar-refractivity contribution < 1.29 is 4.74 Å². The predicted molar refractivity (Wildman–Crippen MR) is 88.3 cm³/mol. The third-order valence-corrected chi connectivity index (χ3v) is 3.31. The second-order valence-corrected chi connectivity index (χ2v) is 6.49. The van der Waals surface area contributed by atoms with E-state index in [2.05, 4.69) is 64.0 Å². The topological polar surface area (TPSA) is 34.1 Å². The second kappa shape index (κ2) is 5.76. The lowest BCUT2D eigenvalue weighted by Crippen LogP contribution is -2.26. The fraction of sp³-hybridized carbons (Fsp3) is 0.389. The molecule has 1 aromatic carbocycles. The van der Waals surface area contributed by atoms with Crippen LogP contribution in [0.3, 0.4) is 0 Å². The highest BCUT2D eigenvalue weighted by Crippen LogP contribution is 2.30. The van der Waals surface area contributed by atoms with Gasteiger partial charge in [0.2, 0.25) is 5.88 Å². The smallest absolute Gasteiger partial charge is 0.221 e. The molecule has 3 nitrogen and oxygen atoms in total. The van der Waals surface area contributed by atoms with Crippen LogP contribution < -0.4 is 10.1 Å². The summed E-state index contributed by atoms with van der Waals surface area (Å²) in [5, 5.41) is 3.36. The first-order valence-corrected chi connectivity index (χ1v) is 7.26. The first kappa shape index (κ1) is 15.4. The van der Waals surface area contributed by atoms with Gasteiger partial charge in [0.25, 0.3) is 0 Å². The fourth-order valence-corrected chi connectivity index (χ4v) is 2.11. The van der Waals surface area contributed by atoms with Crippen LogP contribution in [-0.4, -0.2) is 10.5 Å². The Kier molecular flexibility index (Phi) is 4.21. The molecule has 0 radical (unpaired) electrons. The Morgan fingerprint density at radius 3 is 2.29 bits per heavy atom. The molecule has 1 N–H and O–H groups in total. The average Bonchev–Trinajstić information content (AvgIpc) is 2.38. The monoisotopic (exact) mass is 284 g/mol. The minimum atomic E-state index is -0.0270. The number of nitrogens with one attached hydrogen (secondary N) is 1. The van der Waals surface area contributed by atoms with Crippen molar-refractivity contribution in [2.75, 3.05) is 5.32 Å². The van der Waals surface area contributed by atoms with Crippen LogP contribution in [-0.2, 0) is 0 Å². The Morgan fingerprint density at radius 1 is 0.952 bits per heavy atom. The van der Waals surface area contributed by atoms with Crippen LogP contribution in [0.25, 0.3) is 0 Å². The molecular formula is C18H24N2O. The van der Waals surface area contributed by atoms with Crippen molar-refractivity contribution in [2.24, 2.45) is 0 Å². The van der Waals surface area contributed by atoms with Crippen molar-refractivity contribution in [2.45, 2.75) is 47.1 Å². The zero-order valence-corrected chi connectivity index (χ0v) is 13.7. The Labute approximate surface area is 127 Å². The van der Waals surface area contributed by atoms with Crippen LogP contribution in [0.1, 0.15) is 37.5 Å². The third kappa shape index (κ3) is 3.97. The molecule has 0 atom stereocenters. The molecule has 112 valence electrons. The molecule has 0 aliphatic carbocycles. The van der Waals surface area contributed by atoms with Gasteiger partial charge in [0.15, 0.2) is 0 Å². The summed E-state index contributed by atoms with van der Waals surface area (Å²) in [4.78, 5) is 4.53. The van der Waals surface area contributed by atoms with Crippen molar-refractivity contribution in [3.8, 4) is 11.6 Å². The molecule has 0 aliphatic rings. The third-order valence-electron chi connectivity index (χ3n) is 3.31. The van der Waals surface area contributed by atoms with Crippen LogP contribution in [0.4, 0.5) is 5.82 Å². The average molecular weight is 284 g/mol. The molecular weight excluding hydrogens is 260 g/mol. The summed E-state index contributed by atoms with van der Waals surface area (Å²) in [6, 6.07) is 9.98. The van der Waals surface area contributed by atoms with Gasteiger partial charge >= 0.3 is 0 Å². The standard InChI is InChI=1S/C18H24N2O/c1-12-10-11-13(2)17(14(12)3)21-16-9-7-8-15(19-16)20-18(4,5)6/h7-11H,1-6H3,(H,19,20). The molecule has 0 amide bonds. The lowest BCUT2D eigenvalue weighted by molar-refractivity contribution is 0.455. The SMILES string of the molecule is Cc1ccc(C)c(Oc2cccc(NC(C)(C)C)n2)c1C. The lowest BCUT2D eigenvalue weighted by atomic mass is 10.1. The molecule has 0 saturated heterocycles. The summed E-state index contributed by atoms with van der Waals surface area (Å²) in [6.07, 6.45) is 0. The zero-order chi connectivity index (χ0) is 15.6. The normalized spacial score (nSPS) is 11.3. The second-order valence-electron chi connectivity index (χ2n) is 6.49. The van der Waals surface area contributed by atoms with E-state index in [-0.39, 0.29) is 5.54 Å². The van der Waals surface area contributed by atoms with Gasteiger partial charge in [0.05, 0.1) is 0 Å². The van der Waals surface area contributed by atoms with E-state index in [1.807, 2.05) is 18.2 Å². The van der Waals surface area contributed by atoms with Gasteiger partial charge in [-0.15, -0.1) is 0 Å². The van der Waals surface area contributed by atoms with Gasteiger partial charge in [-0.25, -0.2) is 0 Å². The molecule has 2 aromatic rings. The minimum absolute atomic E-state index is 0.0270. The van der Waals surface area contributed by atoms with E-state index >= 15 is 0 Å². The van der Waals surface area contributed by atoms with Gasteiger partial charge in [-0.05, 0) is 64.3 Å². The van der Waals surface area contributed by atoms with Crippen molar-refractivity contribution in [1.82, 2.24) is 4.98 Å². The van der Waals surface area contributed by atoms with Gasteiger partial charge < -0.3 is 10.1 Å². The highest BCUT2D eigenvalue weighted by molar-refractivity contribution is 5.47. The van der Waals surface area contributed by atoms with Crippen molar-refractivity contribution in [3.63, 3.8) is 0 Å². The van der Waals surface area contributed by atoms with Crippen LogP contribution in [0, 0.1) is 20.8 Å². The number of aromatic nitrogens is 1. The van der Waals surface area contributed by atoms with E-state index in [0.717, 1.165) is 22.7 Å². The van der Waals surface area contributed by atoms with Crippen LogP contribution in [0.2, 0.25) is 0 Å². The maximum atomic E-state index is 6.02. The molecule has 0 saturated carbocycles. The van der Waals surface area contributed by atoms with E-state index < -0.39 is 0 Å². The summed E-state index contributed by atoms with van der Waals surface area (Å²) in [7, 11) is 0. The van der Waals surface area contributed by atoms with Crippen LogP contribution in [0.5, 0.6) is 11.6 Å². The highest BCUT2D eigenvalue weighted by atomic mass is 16.5. The molecule has 2 rings (SSSR count). The largest absolute Gasteiger partial charge is 0.438 e. The Hall–Kier alpha value is -2.03. The fourth-order valence-electron chi connectivity index (χ4n) is 2.11. The number of ether oxygens (including phenoxy) is 1. The Bertz CT molecular complexity index is 642. The van der Waals surface area contributed by atoms with Crippen molar-refractivity contribution in [1.29, 1.82) is 0 Å². The van der Waals surface area contributed by atoms with Gasteiger partial charge in [-0.2, -0.15) is 4.98 Å². The molecule has 3 heteroatoms. The van der Waals surface area contributed by atoms with E-state index in [9.17, 15) is 0 Å². The number of benzene rings is 1. The predicted octanol–water partition coefficient (Wildman–Crippen LogP) is 5.01. The number of aryl methyl sites for hydroxylation is 2. The Balaban J connectivity index is 2.29. The lowest BCUT2D eigenvalue weighted by Gasteiger charge is -2.21. The summed E-state index contributed by atoms with van der Waals surface area (Å²) in [5.41, 5.74) is 3.47. The minimum Gasteiger partial charge on any atom is -0.438 e. The van der Waals surface area contributed by atoms with E-state index in [1.165, 1.54) is 5.56 Å². The summed E-state index contributed by atoms with van der Waals surface area (Å²) in [6.45, 7) is 12.5. The number of rotatable bonds is 3.